The lowest BCUT2D eigenvalue weighted by Gasteiger charge is -2.14. The van der Waals surface area contributed by atoms with Gasteiger partial charge in [0, 0.05) is 0 Å². The van der Waals surface area contributed by atoms with Gasteiger partial charge in [0.05, 0.1) is 0 Å². The number of hydrogen-bond acceptors (Lipinski definition) is 0. The minimum Gasteiger partial charge on any atom is -0.0622 e. The Morgan fingerprint density at radius 2 is 1.11 bits per heavy atom. The van der Waals surface area contributed by atoms with Crippen molar-refractivity contribution in [3.8, 4) is 0 Å². The molecule has 0 nitrogen and oxygen atoms in total. The summed E-state index contributed by atoms with van der Waals surface area (Å²) in [7, 11) is 0. The highest BCUT2D eigenvalue weighted by atomic mass is 14.4. The monoisotopic (exact) mass is 126 g/mol. The SMILES string of the molecule is CC1CC(C)[C@H](C)C1C. The zero-order chi connectivity index (χ0) is 7.02. The van der Waals surface area contributed by atoms with Gasteiger partial charge in [-0.05, 0) is 30.1 Å². The molecule has 0 heterocycles. The second-order valence-corrected chi connectivity index (χ2v) is 3.91. The fourth-order valence-corrected chi connectivity index (χ4v) is 2.05. The third kappa shape index (κ3) is 1.12. The maximum atomic E-state index is 2.39. The predicted molar refractivity (Wildman–Crippen MR) is 41.3 cm³/mol. The van der Waals surface area contributed by atoms with Crippen LogP contribution in [0.3, 0.4) is 0 Å². The van der Waals surface area contributed by atoms with Gasteiger partial charge in [0.2, 0.25) is 0 Å². The van der Waals surface area contributed by atoms with E-state index in [1.807, 2.05) is 0 Å². The van der Waals surface area contributed by atoms with Crippen LogP contribution in [0.2, 0.25) is 0 Å². The van der Waals surface area contributed by atoms with Crippen molar-refractivity contribution in [2.24, 2.45) is 23.7 Å². The van der Waals surface area contributed by atoms with E-state index in [9.17, 15) is 0 Å². The first-order valence-electron chi connectivity index (χ1n) is 4.13. The average molecular weight is 126 g/mol. The lowest BCUT2D eigenvalue weighted by Crippen LogP contribution is -2.07. The largest absolute Gasteiger partial charge is 0.0622 e. The lowest BCUT2D eigenvalue weighted by molar-refractivity contribution is 0.352. The average Bonchev–Trinajstić information content (AvgIpc) is 1.98. The van der Waals surface area contributed by atoms with Crippen molar-refractivity contribution in [1.29, 1.82) is 0 Å². The van der Waals surface area contributed by atoms with Crippen molar-refractivity contribution in [1.82, 2.24) is 0 Å². The van der Waals surface area contributed by atoms with Crippen LogP contribution < -0.4 is 0 Å². The van der Waals surface area contributed by atoms with Crippen LogP contribution in [0, 0.1) is 23.7 Å². The molecule has 1 rings (SSSR count). The molecule has 0 heteroatoms. The first-order valence-corrected chi connectivity index (χ1v) is 4.13. The summed E-state index contributed by atoms with van der Waals surface area (Å²) in [4.78, 5) is 0. The molecule has 0 aromatic rings. The van der Waals surface area contributed by atoms with Crippen LogP contribution in [0.4, 0.5) is 0 Å². The Bertz CT molecular complexity index is 84.2. The summed E-state index contributed by atoms with van der Waals surface area (Å²) < 4.78 is 0. The van der Waals surface area contributed by atoms with Crippen molar-refractivity contribution in [3.05, 3.63) is 0 Å². The van der Waals surface area contributed by atoms with Gasteiger partial charge >= 0.3 is 0 Å². The molecule has 1 aliphatic carbocycles. The van der Waals surface area contributed by atoms with E-state index in [4.69, 9.17) is 0 Å². The third-order valence-electron chi connectivity index (χ3n) is 3.37. The van der Waals surface area contributed by atoms with Crippen molar-refractivity contribution in [2.75, 3.05) is 0 Å². The van der Waals surface area contributed by atoms with Crippen molar-refractivity contribution >= 4 is 0 Å². The van der Waals surface area contributed by atoms with Gasteiger partial charge in [-0.2, -0.15) is 0 Å². The quantitative estimate of drug-likeness (QED) is 0.468. The molecule has 9 heavy (non-hydrogen) atoms. The van der Waals surface area contributed by atoms with Gasteiger partial charge in [0.1, 0.15) is 0 Å². The summed E-state index contributed by atoms with van der Waals surface area (Å²) in [5.74, 6) is 3.85. The topological polar surface area (TPSA) is 0 Å². The normalized spacial score (nSPS) is 52.0. The minimum atomic E-state index is 0.958. The van der Waals surface area contributed by atoms with Gasteiger partial charge < -0.3 is 0 Å². The van der Waals surface area contributed by atoms with E-state index in [1.165, 1.54) is 6.42 Å². The van der Waals surface area contributed by atoms with Crippen LogP contribution >= 0.6 is 0 Å². The van der Waals surface area contributed by atoms with E-state index in [-0.39, 0.29) is 0 Å². The Kier molecular flexibility index (Phi) is 1.83. The lowest BCUT2D eigenvalue weighted by atomic mass is 9.92. The molecule has 4 atom stereocenters. The van der Waals surface area contributed by atoms with Crippen LogP contribution in [-0.2, 0) is 0 Å². The smallest absolute Gasteiger partial charge is 0.0389 e. The van der Waals surface area contributed by atoms with Gasteiger partial charge in [-0.3, -0.25) is 0 Å². The van der Waals surface area contributed by atoms with Crippen molar-refractivity contribution in [2.45, 2.75) is 34.1 Å². The molecule has 0 amide bonds. The van der Waals surface area contributed by atoms with E-state index in [0.29, 0.717) is 0 Å². The Labute approximate surface area is 58.7 Å². The Balaban J connectivity index is 2.54. The van der Waals surface area contributed by atoms with Gasteiger partial charge in [-0.1, -0.05) is 27.7 Å². The Hall–Kier alpha value is 0. The highest BCUT2D eigenvalue weighted by Gasteiger charge is 2.31. The zero-order valence-corrected chi connectivity index (χ0v) is 7.02. The number of rotatable bonds is 0. The molecule has 1 fully saturated rings. The van der Waals surface area contributed by atoms with Gasteiger partial charge in [0.25, 0.3) is 0 Å². The Morgan fingerprint density at radius 3 is 1.22 bits per heavy atom. The van der Waals surface area contributed by atoms with Gasteiger partial charge in [-0.25, -0.2) is 0 Å². The van der Waals surface area contributed by atoms with Crippen LogP contribution in [0.5, 0.6) is 0 Å². The molecule has 0 aromatic heterocycles. The van der Waals surface area contributed by atoms with E-state index < -0.39 is 0 Å². The highest BCUT2D eigenvalue weighted by Crippen LogP contribution is 2.40. The summed E-state index contributed by atoms with van der Waals surface area (Å²) in [5, 5.41) is 0. The summed E-state index contributed by atoms with van der Waals surface area (Å²) in [5.41, 5.74) is 0. The molecule has 0 spiro atoms. The van der Waals surface area contributed by atoms with Crippen LogP contribution in [0.25, 0.3) is 0 Å². The summed E-state index contributed by atoms with van der Waals surface area (Å²) in [6.45, 7) is 9.53. The van der Waals surface area contributed by atoms with Crippen LogP contribution in [0.1, 0.15) is 34.1 Å². The summed E-state index contributed by atoms with van der Waals surface area (Å²) in [6.07, 6.45) is 1.45. The molecule has 54 valence electrons. The highest BCUT2D eigenvalue weighted by molar-refractivity contribution is 4.81. The maximum absolute atomic E-state index is 2.39. The Morgan fingerprint density at radius 1 is 0.778 bits per heavy atom. The fraction of sp³-hybridized carbons (Fsp3) is 1.00. The van der Waals surface area contributed by atoms with Gasteiger partial charge in [0.15, 0.2) is 0 Å². The molecule has 3 unspecified atom stereocenters. The minimum absolute atomic E-state index is 0.958. The van der Waals surface area contributed by atoms with Crippen molar-refractivity contribution < 1.29 is 0 Å². The molecular formula is C9H18. The first-order chi connectivity index (χ1) is 4.13. The molecular weight excluding hydrogens is 108 g/mol. The fourth-order valence-electron chi connectivity index (χ4n) is 2.05. The molecule has 0 aromatic carbocycles. The second kappa shape index (κ2) is 2.32. The summed E-state index contributed by atoms with van der Waals surface area (Å²) >= 11 is 0. The standard InChI is InChI=1S/C9H18/c1-6-5-7(2)9(4)8(6)3/h6-9H,5H2,1-4H3/t6?,7?,8-,9?/m0/s1. The second-order valence-electron chi connectivity index (χ2n) is 3.91. The van der Waals surface area contributed by atoms with Crippen LogP contribution in [0.15, 0.2) is 0 Å². The summed E-state index contributed by atoms with van der Waals surface area (Å²) in [6, 6.07) is 0. The molecule has 0 N–H and O–H groups in total. The molecule has 0 aliphatic heterocycles. The van der Waals surface area contributed by atoms with Crippen molar-refractivity contribution in [3.63, 3.8) is 0 Å². The zero-order valence-electron chi connectivity index (χ0n) is 7.02. The van der Waals surface area contributed by atoms with E-state index in [0.717, 1.165) is 23.7 Å². The third-order valence-corrected chi connectivity index (χ3v) is 3.37. The first kappa shape index (κ1) is 7.11. The maximum Gasteiger partial charge on any atom is -0.0389 e. The predicted octanol–water partition coefficient (Wildman–Crippen LogP) is 2.93. The molecule has 0 saturated heterocycles. The van der Waals surface area contributed by atoms with E-state index in [1.54, 1.807) is 0 Å². The molecule has 0 radical (unpaired) electrons. The molecule has 0 bridgehead atoms. The van der Waals surface area contributed by atoms with E-state index in [2.05, 4.69) is 27.7 Å². The number of hydrogen-bond donors (Lipinski definition) is 0. The molecule has 1 saturated carbocycles. The molecule has 1 aliphatic rings. The van der Waals surface area contributed by atoms with Gasteiger partial charge in [-0.15, -0.1) is 0 Å². The van der Waals surface area contributed by atoms with E-state index >= 15 is 0 Å². The van der Waals surface area contributed by atoms with Crippen LogP contribution in [-0.4, -0.2) is 0 Å².